The van der Waals surface area contributed by atoms with E-state index in [4.69, 9.17) is 9.47 Å². The lowest BCUT2D eigenvalue weighted by atomic mass is 9.95. The molecule has 2 aliphatic heterocycles. The van der Waals surface area contributed by atoms with E-state index >= 15 is 0 Å². The van der Waals surface area contributed by atoms with Gasteiger partial charge < -0.3 is 14.6 Å². The molecule has 0 saturated carbocycles. The molecule has 3 aromatic rings. The smallest absolute Gasteiger partial charge is 0.301 e. The number of ether oxygens (including phenoxy) is 2. The van der Waals surface area contributed by atoms with Gasteiger partial charge in [-0.05, 0) is 23.8 Å². The minimum absolute atomic E-state index is 0.0121. The maximum absolute atomic E-state index is 13.0. The van der Waals surface area contributed by atoms with E-state index < -0.39 is 17.7 Å². The van der Waals surface area contributed by atoms with Crippen molar-refractivity contribution < 1.29 is 24.2 Å². The lowest BCUT2D eigenvalue weighted by Gasteiger charge is -2.23. The molecule has 1 amide bonds. The van der Waals surface area contributed by atoms with Crippen molar-refractivity contribution in [1.29, 1.82) is 0 Å². The van der Waals surface area contributed by atoms with Gasteiger partial charge in [0.05, 0.1) is 11.6 Å². The summed E-state index contributed by atoms with van der Waals surface area (Å²) in [6.45, 7) is 0.848. The number of carbonyl (C=O) groups excluding carboxylic acids is 2. The SMILES string of the molecule is O=C1C(=O)N(c2nccs2)[C@H](c2ccccc2)/C1=C(\O)c1ccc2c(c1)OCCO2. The molecule has 0 unspecified atom stereocenters. The van der Waals surface area contributed by atoms with Crippen molar-refractivity contribution in [1.82, 2.24) is 4.98 Å². The van der Waals surface area contributed by atoms with Gasteiger partial charge in [-0.15, -0.1) is 11.3 Å². The topological polar surface area (TPSA) is 89.0 Å². The van der Waals surface area contributed by atoms with E-state index in [0.717, 1.165) is 0 Å². The summed E-state index contributed by atoms with van der Waals surface area (Å²) < 4.78 is 11.1. The standard InChI is InChI=1S/C22H16N2O5S/c25-19(14-6-7-15-16(12-14)29-10-9-28-15)17-18(13-4-2-1-3-5-13)24(21(27)20(17)26)22-23-8-11-30-22/h1-8,11-12,18,25H,9-10H2/b19-17+/t18-/m1/s1. The summed E-state index contributed by atoms with van der Waals surface area (Å²) in [5.74, 6) is -0.695. The van der Waals surface area contributed by atoms with Crippen LogP contribution in [0, 0.1) is 0 Å². The number of aliphatic hydroxyl groups is 1. The van der Waals surface area contributed by atoms with Gasteiger partial charge in [0.1, 0.15) is 19.0 Å². The fraction of sp³-hybridized carbons (Fsp3) is 0.136. The van der Waals surface area contributed by atoms with E-state index in [2.05, 4.69) is 4.98 Å². The maximum Gasteiger partial charge on any atom is 0.301 e. The zero-order valence-electron chi connectivity index (χ0n) is 15.6. The van der Waals surface area contributed by atoms with Crippen LogP contribution in [0.5, 0.6) is 11.5 Å². The molecule has 5 rings (SSSR count). The molecular weight excluding hydrogens is 404 g/mol. The van der Waals surface area contributed by atoms with E-state index in [0.29, 0.717) is 41.0 Å². The van der Waals surface area contributed by atoms with Crippen LogP contribution in [0.2, 0.25) is 0 Å². The third-order valence-electron chi connectivity index (χ3n) is 5.00. The van der Waals surface area contributed by atoms with Crippen molar-refractivity contribution in [2.45, 2.75) is 6.04 Å². The first-order valence-electron chi connectivity index (χ1n) is 9.30. The Kier molecular flexibility index (Phi) is 4.48. The number of benzene rings is 2. The molecule has 1 atom stereocenters. The molecule has 2 aromatic carbocycles. The number of fused-ring (bicyclic) bond motifs is 1. The number of rotatable bonds is 3. The van der Waals surface area contributed by atoms with Crippen LogP contribution < -0.4 is 14.4 Å². The summed E-state index contributed by atoms with van der Waals surface area (Å²) in [7, 11) is 0. The predicted octanol–water partition coefficient (Wildman–Crippen LogP) is 3.54. The van der Waals surface area contributed by atoms with Crippen LogP contribution in [-0.2, 0) is 9.59 Å². The Morgan fingerprint density at radius 1 is 1.07 bits per heavy atom. The highest BCUT2D eigenvalue weighted by atomic mass is 32.1. The van der Waals surface area contributed by atoms with Crippen molar-refractivity contribution in [3.05, 3.63) is 76.8 Å². The van der Waals surface area contributed by atoms with Gasteiger partial charge in [0.2, 0.25) is 0 Å². The summed E-state index contributed by atoms with van der Waals surface area (Å²) in [5, 5.41) is 13.3. The highest BCUT2D eigenvalue weighted by Gasteiger charge is 2.47. The van der Waals surface area contributed by atoms with Gasteiger partial charge in [0, 0.05) is 17.1 Å². The number of aliphatic hydroxyl groups excluding tert-OH is 1. The molecule has 0 radical (unpaired) electrons. The van der Waals surface area contributed by atoms with Crippen molar-refractivity contribution in [2.75, 3.05) is 18.1 Å². The molecule has 0 bridgehead atoms. The Hall–Kier alpha value is -3.65. The molecule has 7 nitrogen and oxygen atoms in total. The summed E-state index contributed by atoms with van der Waals surface area (Å²) in [6, 6.07) is 13.3. The monoisotopic (exact) mass is 420 g/mol. The fourth-order valence-electron chi connectivity index (χ4n) is 3.66. The molecular formula is C22H16N2O5S. The fourth-order valence-corrected chi connectivity index (χ4v) is 4.33. The van der Waals surface area contributed by atoms with Crippen molar-refractivity contribution >= 4 is 33.9 Å². The van der Waals surface area contributed by atoms with Crippen LogP contribution in [0.3, 0.4) is 0 Å². The number of amides is 1. The van der Waals surface area contributed by atoms with Gasteiger partial charge in [-0.25, -0.2) is 4.98 Å². The second kappa shape index (κ2) is 7.31. The number of carbonyl (C=O) groups is 2. The van der Waals surface area contributed by atoms with Gasteiger partial charge in [-0.2, -0.15) is 0 Å². The number of hydrogen-bond acceptors (Lipinski definition) is 7. The van der Waals surface area contributed by atoms with Gasteiger partial charge in [0.25, 0.3) is 5.78 Å². The van der Waals surface area contributed by atoms with Gasteiger partial charge in [-0.1, -0.05) is 30.3 Å². The highest BCUT2D eigenvalue weighted by Crippen LogP contribution is 2.43. The Morgan fingerprint density at radius 2 is 1.83 bits per heavy atom. The first-order chi connectivity index (χ1) is 14.6. The first kappa shape index (κ1) is 18.4. The number of hydrogen-bond donors (Lipinski definition) is 1. The largest absolute Gasteiger partial charge is 0.507 e. The Balaban J connectivity index is 1.68. The van der Waals surface area contributed by atoms with Crippen LogP contribution >= 0.6 is 11.3 Å². The molecule has 1 saturated heterocycles. The molecule has 150 valence electrons. The van der Waals surface area contributed by atoms with Gasteiger partial charge in [-0.3, -0.25) is 14.5 Å². The second-order valence-electron chi connectivity index (χ2n) is 6.75. The van der Waals surface area contributed by atoms with Crippen LogP contribution in [0.4, 0.5) is 5.13 Å². The molecule has 1 N–H and O–H groups in total. The van der Waals surface area contributed by atoms with Crippen molar-refractivity contribution in [2.24, 2.45) is 0 Å². The highest BCUT2D eigenvalue weighted by molar-refractivity contribution is 7.14. The van der Waals surface area contributed by atoms with Crippen molar-refractivity contribution in [3.8, 4) is 11.5 Å². The summed E-state index contributed by atoms with van der Waals surface area (Å²) in [6.07, 6.45) is 1.57. The average Bonchev–Trinajstić information content (AvgIpc) is 3.40. The zero-order valence-corrected chi connectivity index (χ0v) is 16.5. The number of Topliss-reactive ketones (excluding diaryl/α,β-unsaturated/α-hetero) is 1. The molecule has 1 fully saturated rings. The van der Waals surface area contributed by atoms with Crippen LogP contribution in [0.1, 0.15) is 17.2 Å². The molecule has 8 heteroatoms. The second-order valence-corrected chi connectivity index (χ2v) is 7.63. The third kappa shape index (κ3) is 2.93. The molecule has 1 aromatic heterocycles. The number of ketones is 1. The first-order valence-corrected chi connectivity index (χ1v) is 10.2. The quantitative estimate of drug-likeness (QED) is 0.396. The molecule has 0 aliphatic carbocycles. The lowest BCUT2D eigenvalue weighted by molar-refractivity contribution is -0.132. The number of nitrogens with zero attached hydrogens (tertiary/aromatic N) is 2. The minimum Gasteiger partial charge on any atom is -0.507 e. The maximum atomic E-state index is 13.0. The predicted molar refractivity (Wildman–Crippen MR) is 111 cm³/mol. The number of anilines is 1. The van der Waals surface area contributed by atoms with E-state index in [9.17, 15) is 14.7 Å². The normalized spacial score (nSPS) is 19.9. The third-order valence-corrected chi connectivity index (χ3v) is 5.77. The van der Waals surface area contributed by atoms with E-state index in [-0.39, 0.29) is 11.3 Å². The lowest BCUT2D eigenvalue weighted by Crippen LogP contribution is -2.29. The van der Waals surface area contributed by atoms with Gasteiger partial charge in [0.15, 0.2) is 16.6 Å². The zero-order chi connectivity index (χ0) is 20.7. The van der Waals surface area contributed by atoms with Crippen LogP contribution in [0.25, 0.3) is 5.76 Å². The summed E-state index contributed by atoms with van der Waals surface area (Å²) in [4.78, 5) is 31.5. The molecule has 3 heterocycles. The van der Waals surface area contributed by atoms with E-state index in [1.165, 1.54) is 16.2 Å². The van der Waals surface area contributed by atoms with Crippen LogP contribution in [0.15, 0.2) is 65.7 Å². The minimum atomic E-state index is -0.787. The number of thiazole rings is 1. The molecule has 2 aliphatic rings. The Labute approximate surface area is 175 Å². The van der Waals surface area contributed by atoms with E-state index in [1.807, 2.05) is 30.3 Å². The summed E-state index contributed by atoms with van der Waals surface area (Å²) in [5.41, 5.74) is 1.08. The number of aromatic nitrogens is 1. The summed E-state index contributed by atoms with van der Waals surface area (Å²) >= 11 is 1.25. The Bertz CT molecular complexity index is 1160. The Morgan fingerprint density at radius 3 is 2.57 bits per heavy atom. The van der Waals surface area contributed by atoms with Gasteiger partial charge >= 0.3 is 5.91 Å². The van der Waals surface area contributed by atoms with Crippen LogP contribution in [-0.4, -0.2) is 35.0 Å². The van der Waals surface area contributed by atoms with Crippen molar-refractivity contribution in [3.63, 3.8) is 0 Å². The molecule has 30 heavy (non-hydrogen) atoms. The van der Waals surface area contributed by atoms with E-state index in [1.54, 1.807) is 29.8 Å². The average molecular weight is 420 g/mol. The molecule has 0 spiro atoms.